The van der Waals surface area contributed by atoms with Crippen molar-refractivity contribution in [3.63, 3.8) is 0 Å². The molecule has 7 atom stereocenters. The number of aliphatic hydroxyl groups excluding tert-OH is 1. The van der Waals surface area contributed by atoms with Crippen molar-refractivity contribution in [2.45, 2.75) is 88.7 Å². The lowest BCUT2D eigenvalue weighted by atomic mass is 9.65. The van der Waals surface area contributed by atoms with Gasteiger partial charge in [0.25, 0.3) is 0 Å². The Morgan fingerprint density at radius 1 is 1.05 bits per heavy atom. The molecule has 8 heteroatoms. The van der Waals surface area contributed by atoms with E-state index in [0.717, 1.165) is 24.0 Å². The number of hydrogen-bond donors (Lipinski definition) is 3. The number of benzene rings is 2. The molecule has 2 bridgehead atoms. The molecule has 3 heterocycles. The minimum Gasteiger partial charge on any atom is -0.394 e. The van der Waals surface area contributed by atoms with E-state index in [9.17, 15) is 19.5 Å². The normalized spacial score (nSPS) is 30.1. The predicted molar refractivity (Wildman–Crippen MR) is 151 cm³/mol. The molecule has 214 valence electrons. The van der Waals surface area contributed by atoms with Crippen LogP contribution in [0, 0.1) is 11.8 Å². The number of nitrogens with zero attached hydrogens (tertiary/aromatic N) is 1. The summed E-state index contributed by atoms with van der Waals surface area (Å²) in [6.45, 7) is 5.99. The fraction of sp³-hybridized carbons (Fsp3) is 0.531. The second-order valence-corrected chi connectivity index (χ2v) is 11.6. The largest absolute Gasteiger partial charge is 0.394 e. The fourth-order valence-corrected chi connectivity index (χ4v) is 7.44. The van der Waals surface area contributed by atoms with E-state index >= 15 is 0 Å². The molecule has 3 amide bonds. The van der Waals surface area contributed by atoms with E-state index in [0.29, 0.717) is 25.8 Å². The smallest absolute Gasteiger partial charge is 0.246 e. The first-order valence-electron chi connectivity index (χ1n) is 14.6. The van der Waals surface area contributed by atoms with E-state index in [1.165, 1.54) is 4.90 Å². The maximum absolute atomic E-state index is 14.5. The Morgan fingerprint density at radius 2 is 1.73 bits per heavy atom. The van der Waals surface area contributed by atoms with Crippen LogP contribution in [-0.4, -0.2) is 57.6 Å². The number of rotatable bonds is 11. The van der Waals surface area contributed by atoms with Crippen LogP contribution in [-0.2, 0) is 25.7 Å². The number of hydrogen-bond acceptors (Lipinski definition) is 5. The average Bonchev–Trinajstić information content (AvgIpc) is 3.57. The van der Waals surface area contributed by atoms with Crippen LogP contribution in [0.5, 0.6) is 0 Å². The van der Waals surface area contributed by atoms with E-state index in [4.69, 9.17) is 4.74 Å². The molecule has 2 aromatic rings. The standard InChI is InChI=1S/C32H41N3O5/c1-4-12-21(3)34-29(38)27-32-18-17-31(5-2,40-32)25(28(37)33-19-22-13-8-6-9-14-22)26(32)30(39)35(27)24(20-36)23-15-10-7-11-16-23/h6-11,13-16,21,24-27,36H,4-5,12,17-20H2,1-3H3,(H,33,37)(H,34,38)/t21?,24-,25+,26+,27?,31-,32?/m1/s1. The van der Waals surface area contributed by atoms with Gasteiger partial charge in [0.2, 0.25) is 17.7 Å². The van der Waals surface area contributed by atoms with Gasteiger partial charge in [-0.2, -0.15) is 0 Å². The Bertz CT molecular complexity index is 1220. The topological polar surface area (TPSA) is 108 Å². The highest BCUT2D eigenvalue weighted by Crippen LogP contribution is 2.65. The summed E-state index contributed by atoms with van der Waals surface area (Å²) >= 11 is 0. The molecule has 5 rings (SSSR count). The third-order valence-electron chi connectivity index (χ3n) is 9.26. The van der Waals surface area contributed by atoms with Gasteiger partial charge in [-0.1, -0.05) is 80.9 Å². The van der Waals surface area contributed by atoms with Crippen molar-refractivity contribution in [1.29, 1.82) is 0 Å². The number of ether oxygens (including phenoxy) is 1. The summed E-state index contributed by atoms with van der Waals surface area (Å²) in [7, 11) is 0. The minimum atomic E-state index is -1.14. The first-order chi connectivity index (χ1) is 19.3. The average molecular weight is 548 g/mol. The minimum absolute atomic E-state index is 0.0853. The molecule has 0 radical (unpaired) electrons. The molecule has 3 aliphatic rings. The van der Waals surface area contributed by atoms with Crippen molar-refractivity contribution in [2.24, 2.45) is 11.8 Å². The van der Waals surface area contributed by atoms with E-state index in [-0.39, 0.29) is 30.4 Å². The van der Waals surface area contributed by atoms with Gasteiger partial charge in [-0.3, -0.25) is 14.4 Å². The summed E-state index contributed by atoms with van der Waals surface area (Å²) in [5, 5.41) is 16.8. The van der Waals surface area contributed by atoms with Gasteiger partial charge in [0.15, 0.2) is 0 Å². The summed E-state index contributed by atoms with van der Waals surface area (Å²) in [5.41, 5.74) is -0.257. The SMILES string of the molecule is CCCC(C)NC(=O)C1N([C@H](CO)c2ccccc2)C(=O)[C@@H]2[C@@H](C(=O)NCc3ccccc3)[C@@]3(CC)CCC12O3. The third kappa shape index (κ3) is 4.61. The van der Waals surface area contributed by atoms with Gasteiger partial charge in [-0.15, -0.1) is 0 Å². The Hall–Kier alpha value is -3.23. The molecule has 8 nitrogen and oxygen atoms in total. The molecule has 3 N–H and O–H groups in total. The predicted octanol–water partition coefficient (Wildman–Crippen LogP) is 3.50. The van der Waals surface area contributed by atoms with Gasteiger partial charge in [-0.25, -0.2) is 0 Å². The highest BCUT2D eigenvalue weighted by molar-refractivity contribution is 5.99. The van der Waals surface area contributed by atoms with E-state index in [1.807, 2.05) is 74.5 Å². The zero-order chi connectivity index (χ0) is 28.5. The van der Waals surface area contributed by atoms with E-state index < -0.39 is 35.1 Å². The number of nitrogens with one attached hydrogen (secondary N) is 2. The Labute approximate surface area is 236 Å². The zero-order valence-electron chi connectivity index (χ0n) is 23.6. The second kappa shape index (κ2) is 11.3. The van der Waals surface area contributed by atoms with Crippen molar-refractivity contribution < 1.29 is 24.2 Å². The van der Waals surface area contributed by atoms with Crippen LogP contribution in [0.2, 0.25) is 0 Å². The monoisotopic (exact) mass is 547 g/mol. The van der Waals surface area contributed by atoms with Gasteiger partial charge in [0.05, 0.1) is 30.1 Å². The van der Waals surface area contributed by atoms with Crippen LogP contribution < -0.4 is 10.6 Å². The van der Waals surface area contributed by atoms with Gasteiger partial charge in [-0.05, 0) is 43.7 Å². The van der Waals surface area contributed by atoms with Crippen LogP contribution in [0.1, 0.15) is 70.0 Å². The second-order valence-electron chi connectivity index (χ2n) is 11.6. The molecule has 3 aliphatic heterocycles. The fourth-order valence-electron chi connectivity index (χ4n) is 7.44. The van der Waals surface area contributed by atoms with Crippen LogP contribution >= 0.6 is 0 Å². The lowest BCUT2D eigenvalue weighted by Gasteiger charge is -2.38. The molecule has 3 saturated heterocycles. The molecule has 1 spiro atoms. The number of carbonyl (C=O) groups excluding carboxylic acids is 3. The van der Waals surface area contributed by atoms with Crippen LogP contribution in [0.15, 0.2) is 60.7 Å². The van der Waals surface area contributed by atoms with Crippen molar-refractivity contribution in [2.75, 3.05) is 6.61 Å². The van der Waals surface area contributed by atoms with Crippen molar-refractivity contribution in [3.8, 4) is 0 Å². The maximum Gasteiger partial charge on any atom is 0.246 e. The Morgan fingerprint density at radius 3 is 2.35 bits per heavy atom. The zero-order valence-corrected chi connectivity index (χ0v) is 23.6. The van der Waals surface area contributed by atoms with Gasteiger partial charge >= 0.3 is 0 Å². The molecule has 0 aromatic heterocycles. The summed E-state index contributed by atoms with van der Waals surface area (Å²) in [5.74, 6) is -2.37. The summed E-state index contributed by atoms with van der Waals surface area (Å²) in [6, 6.07) is 17.2. The van der Waals surface area contributed by atoms with E-state index in [1.54, 1.807) is 0 Å². The Balaban J connectivity index is 1.54. The molecular weight excluding hydrogens is 506 g/mol. The molecular formula is C32H41N3O5. The highest BCUT2D eigenvalue weighted by atomic mass is 16.5. The molecule has 3 unspecified atom stereocenters. The van der Waals surface area contributed by atoms with Crippen LogP contribution in [0.25, 0.3) is 0 Å². The number of aliphatic hydroxyl groups is 1. The summed E-state index contributed by atoms with van der Waals surface area (Å²) in [4.78, 5) is 44.0. The highest BCUT2D eigenvalue weighted by Gasteiger charge is 2.79. The third-order valence-corrected chi connectivity index (χ3v) is 9.26. The first-order valence-corrected chi connectivity index (χ1v) is 14.6. The van der Waals surface area contributed by atoms with Crippen LogP contribution in [0.4, 0.5) is 0 Å². The maximum atomic E-state index is 14.5. The Kier molecular flexibility index (Phi) is 8.02. The van der Waals surface area contributed by atoms with Crippen molar-refractivity contribution in [3.05, 3.63) is 71.8 Å². The molecule has 40 heavy (non-hydrogen) atoms. The van der Waals surface area contributed by atoms with Crippen molar-refractivity contribution in [1.82, 2.24) is 15.5 Å². The molecule has 0 aliphatic carbocycles. The number of likely N-dealkylation sites (tertiary alicyclic amines) is 1. The lowest BCUT2D eigenvalue weighted by Crippen LogP contribution is -2.57. The number of carbonyl (C=O) groups is 3. The lowest BCUT2D eigenvalue weighted by molar-refractivity contribution is -0.151. The quantitative estimate of drug-likeness (QED) is 0.399. The summed E-state index contributed by atoms with van der Waals surface area (Å²) < 4.78 is 6.85. The number of amides is 3. The molecule has 0 saturated carbocycles. The van der Waals surface area contributed by atoms with Gasteiger partial charge < -0.3 is 25.4 Å². The van der Waals surface area contributed by atoms with E-state index in [2.05, 4.69) is 17.6 Å². The van der Waals surface area contributed by atoms with Crippen LogP contribution in [0.3, 0.4) is 0 Å². The molecule has 2 aromatic carbocycles. The van der Waals surface area contributed by atoms with Crippen molar-refractivity contribution >= 4 is 17.7 Å². The first kappa shape index (κ1) is 28.3. The number of fused-ring (bicyclic) bond motifs is 1. The summed E-state index contributed by atoms with van der Waals surface area (Å²) in [6.07, 6.45) is 3.36. The molecule has 3 fully saturated rings. The van der Waals surface area contributed by atoms with Gasteiger partial charge in [0.1, 0.15) is 11.6 Å². The van der Waals surface area contributed by atoms with Gasteiger partial charge in [0, 0.05) is 12.6 Å².